The van der Waals surface area contributed by atoms with Crippen LogP contribution in [0.15, 0.2) is 57.9 Å². The van der Waals surface area contributed by atoms with E-state index in [2.05, 4.69) is 0 Å². The Balaban J connectivity index is 2.35. The van der Waals surface area contributed by atoms with Crippen LogP contribution in [0.25, 0.3) is 16.7 Å². The maximum absolute atomic E-state index is 12.1. The molecule has 3 nitrogen and oxygen atoms in total. The van der Waals surface area contributed by atoms with Crippen LogP contribution in [0.5, 0.6) is 0 Å². The molecule has 4 heteroatoms. The fraction of sp³-hybridized carbons (Fsp3) is 0.0667. The highest BCUT2D eigenvalue weighted by molar-refractivity contribution is 6.32. The Morgan fingerprint density at radius 1 is 1.11 bits per heavy atom. The van der Waals surface area contributed by atoms with E-state index in [0.717, 1.165) is 10.9 Å². The third-order valence-electron chi connectivity index (χ3n) is 3.01. The van der Waals surface area contributed by atoms with Crippen LogP contribution >= 0.6 is 11.6 Å². The van der Waals surface area contributed by atoms with Crippen molar-refractivity contribution in [2.24, 2.45) is 0 Å². The minimum Gasteiger partial charge on any atom is -0.371 e. The van der Waals surface area contributed by atoms with Crippen molar-refractivity contribution in [3.05, 3.63) is 69.8 Å². The van der Waals surface area contributed by atoms with Gasteiger partial charge in [0.25, 0.3) is 0 Å². The van der Waals surface area contributed by atoms with E-state index in [1.807, 2.05) is 37.3 Å². The van der Waals surface area contributed by atoms with Crippen LogP contribution < -0.4 is 10.3 Å². The lowest BCUT2D eigenvalue weighted by Gasteiger charge is -2.00. The van der Waals surface area contributed by atoms with Crippen LogP contribution in [-0.4, -0.2) is 0 Å². The third kappa shape index (κ3) is 2.02. The minimum atomic E-state index is -0.449. The van der Waals surface area contributed by atoms with Crippen molar-refractivity contribution >= 4 is 22.6 Å². The van der Waals surface area contributed by atoms with Crippen molar-refractivity contribution in [2.75, 3.05) is 0 Å². The van der Waals surface area contributed by atoms with Crippen molar-refractivity contribution in [3.8, 4) is 5.69 Å². The molecule has 0 amide bonds. The molecule has 3 rings (SSSR count). The van der Waals surface area contributed by atoms with Gasteiger partial charge in [-0.05, 0) is 24.6 Å². The van der Waals surface area contributed by atoms with Gasteiger partial charge in [-0.25, -0.2) is 0 Å². The first kappa shape index (κ1) is 11.9. The summed E-state index contributed by atoms with van der Waals surface area (Å²) in [4.78, 5) is 12.1. The molecule has 1 aromatic heterocycles. The van der Waals surface area contributed by atoms with Gasteiger partial charge in [-0.15, -0.1) is 0 Å². The van der Waals surface area contributed by atoms with Gasteiger partial charge >= 0.3 is 5.76 Å². The second-order valence-electron chi connectivity index (χ2n) is 4.31. The Morgan fingerprint density at radius 3 is 2.68 bits per heavy atom. The summed E-state index contributed by atoms with van der Waals surface area (Å²) in [5.41, 5.74) is 2.15. The highest BCUT2D eigenvalue weighted by atomic mass is 35.5. The SMILES string of the molecule is Cc1cccc2c[n+](-c3ccccc3Cl)c(=O)oc12. The maximum atomic E-state index is 12.1. The van der Waals surface area contributed by atoms with Crippen LogP contribution in [0.1, 0.15) is 5.56 Å². The van der Waals surface area contributed by atoms with Gasteiger partial charge in [-0.3, -0.25) is 0 Å². The minimum absolute atomic E-state index is 0.449. The van der Waals surface area contributed by atoms with E-state index < -0.39 is 5.76 Å². The summed E-state index contributed by atoms with van der Waals surface area (Å²) in [5.74, 6) is -0.449. The predicted octanol–water partition coefficient (Wildman–Crippen LogP) is 3.03. The summed E-state index contributed by atoms with van der Waals surface area (Å²) in [5, 5.41) is 1.37. The number of aryl methyl sites for hydroxylation is 1. The first-order valence-electron chi connectivity index (χ1n) is 5.87. The van der Waals surface area contributed by atoms with Crippen molar-refractivity contribution in [1.82, 2.24) is 0 Å². The molecule has 0 saturated heterocycles. The number of nitrogens with zero attached hydrogens (tertiary/aromatic N) is 1. The van der Waals surface area contributed by atoms with Crippen molar-refractivity contribution < 1.29 is 8.98 Å². The van der Waals surface area contributed by atoms with Crippen LogP contribution in [0.4, 0.5) is 0 Å². The molecular weight excluding hydrogens is 262 g/mol. The average molecular weight is 273 g/mol. The van der Waals surface area contributed by atoms with Crippen molar-refractivity contribution in [1.29, 1.82) is 0 Å². The molecule has 0 fully saturated rings. The highest BCUT2D eigenvalue weighted by Crippen LogP contribution is 2.17. The fourth-order valence-electron chi connectivity index (χ4n) is 2.06. The van der Waals surface area contributed by atoms with E-state index in [-0.39, 0.29) is 0 Å². The summed E-state index contributed by atoms with van der Waals surface area (Å²) in [6.45, 7) is 1.91. The molecule has 3 aromatic rings. The lowest BCUT2D eigenvalue weighted by atomic mass is 10.2. The molecule has 0 unspecified atom stereocenters. The Morgan fingerprint density at radius 2 is 1.89 bits per heavy atom. The molecule has 2 aromatic carbocycles. The number of halogens is 1. The van der Waals surface area contributed by atoms with Crippen LogP contribution in [0, 0.1) is 6.92 Å². The first-order valence-corrected chi connectivity index (χ1v) is 6.24. The second kappa shape index (κ2) is 4.52. The molecule has 94 valence electrons. The molecule has 0 aliphatic heterocycles. The Kier molecular flexibility index (Phi) is 2.84. The average Bonchev–Trinajstić information content (AvgIpc) is 2.40. The third-order valence-corrected chi connectivity index (χ3v) is 3.33. The monoisotopic (exact) mass is 272 g/mol. The fourth-order valence-corrected chi connectivity index (χ4v) is 2.29. The number of fused-ring (bicyclic) bond motifs is 1. The molecule has 0 saturated carbocycles. The van der Waals surface area contributed by atoms with Gasteiger partial charge in [-0.2, -0.15) is 4.79 Å². The molecular formula is C15H11ClNO2+. The van der Waals surface area contributed by atoms with Gasteiger partial charge < -0.3 is 4.42 Å². The van der Waals surface area contributed by atoms with E-state index in [1.165, 1.54) is 4.57 Å². The lowest BCUT2D eigenvalue weighted by Crippen LogP contribution is -2.46. The normalized spacial score (nSPS) is 10.8. The summed E-state index contributed by atoms with van der Waals surface area (Å²) in [6, 6.07) is 12.9. The Labute approximate surface area is 114 Å². The lowest BCUT2D eigenvalue weighted by molar-refractivity contribution is -0.623. The molecule has 0 aliphatic rings. The maximum Gasteiger partial charge on any atom is 0.608 e. The smallest absolute Gasteiger partial charge is 0.371 e. The Bertz CT molecular complexity index is 824. The summed E-state index contributed by atoms with van der Waals surface area (Å²) >= 11 is 6.11. The van der Waals surface area contributed by atoms with E-state index in [9.17, 15) is 4.79 Å². The van der Waals surface area contributed by atoms with E-state index >= 15 is 0 Å². The molecule has 0 N–H and O–H groups in total. The number of hydrogen-bond acceptors (Lipinski definition) is 2. The van der Waals surface area contributed by atoms with Crippen molar-refractivity contribution in [3.63, 3.8) is 0 Å². The molecule has 1 heterocycles. The number of hydrogen-bond donors (Lipinski definition) is 0. The molecule has 0 aliphatic carbocycles. The molecule has 0 spiro atoms. The second-order valence-corrected chi connectivity index (χ2v) is 4.72. The quantitative estimate of drug-likeness (QED) is 0.638. The summed E-state index contributed by atoms with van der Waals surface area (Å²) in [7, 11) is 0. The van der Waals surface area contributed by atoms with E-state index in [0.29, 0.717) is 16.3 Å². The molecule has 0 atom stereocenters. The zero-order chi connectivity index (χ0) is 13.4. The van der Waals surface area contributed by atoms with Gasteiger partial charge in [0.2, 0.25) is 5.69 Å². The number of para-hydroxylation sites is 2. The van der Waals surface area contributed by atoms with Crippen LogP contribution in [0.3, 0.4) is 0 Å². The zero-order valence-electron chi connectivity index (χ0n) is 10.3. The number of aromatic nitrogens is 1. The molecule has 19 heavy (non-hydrogen) atoms. The van der Waals surface area contributed by atoms with E-state index in [4.69, 9.17) is 16.0 Å². The summed E-state index contributed by atoms with van der Waals surface area (Å²) in [6.07, 6.45) is 1.75. The zero-order valence-corrected chi connectivity index (χ0v) is 11.0. The molecule has 0 bridgehead atoms. The summed E-state index contributed by atoms with van der Waals surface area (Å²) < 4.78 is 6.80. The van der Waals surface area contributed by atoms with Crippen LogP contribution in [-0.2, 0) is 0 Å². The van der Waals surface area contributed by atoms with Gasteiger partial charge in [0.15, 0.2) is 11.8 Å². The van der Waals surface area contributed by atoms with Crippen molar-refractivity contribution in [2.45, 2.75) is 6.92 Å². The van der Waals surface area contributed by atoms with Gasteiger partial charge in [0, 0.05) is 6.07 Å². The van der Waals surface area contributed by atoms with Gasteiger partial charge in [-0.1, -0.05) is 40.4 Å². The first-order chi connectivity index (χ1) is 9.16. The number of benzene rings is 2. The predicted molar refractivity (Wildman–Crippen MR) is 73.8 cm³/mol. The standard InChI is InChI=1S/C15H11ClNO2/c1-10-5-4-6-11-9-17(15(18)19-14(10)11)13-8-3-2-7-12(13)16/h2-9H,1H3/q+1. The topological polar surface area (TPSA) is 34.1 Å². The molecule has 0 radical (unpaired) electrons. The highest BCUT2D eigenvalue weighted by Gasteiger charge is 2.18. The Hall–Kier alpha value is -2.13. The number of rotatable bonds is 1. The van der Waals surface area contributed by atoms with Gasteiger partial charge in [0.1, 0.15) is 5.02 Å². The van der Waals surface area contributed by atoms with E-state index in [1.54, 1.807) is 18.3 Å². The van der Waals surface area contributed by atoms with Gasteiger partial charge in [0.05, 0.1) is 5.39 Å². The largest absolute Gasteiger partial charge is 0.608 e. The van der Waals surface area contributed by atoms with Crippen LogP contribution in [0.2, 0.25) is 5.02 Å².